The summed E-state index contributed by atoms with van der Waals surface area (Å²) in [6.07, 6.45) is 13.2. The van der Waals surface area contributed by atoms with Crippen molar-refractivity contribution in [1.82, 2.24) is 0 Å². The molecule has 2 fully saturated rings. The molecule has 0 radical (unpaired) electrons. The summed E-state index contributed by atoms with van der Waals surface area (Å²) < 4.78 is 55.8. The third kappa shape index (κ3) is 23.4. The lowest BCUT2D eigenvalue weighted by atomic mass is 9.69. The minimum atomic E-state index is -2.64. The van der Waals surface area contributed by atoms with Gasteiger partial charge in [0.1, 0.15) is 0 Å². The first-order valence-electron chi connectivity index (χ1n) is 22.8. The predicted octanol–water partition coefficient (Wildman–Crippen LogP) is 16.2. The average molecular weight is 1150 g/mol. The molecule has 9 nitrogen and oxygen atoms in total. The minimum Gasteiger partial charge on any atom is -0.374 e. The zero-order valence-electron chi connectivity index (χ0n) is 39.0. The van der Waals surface area contributed by atoms with E-state index in [2.05, 4.69) is 39.3 Å². The second kappa shape index (κ2) is 38.2. The summed E-state index contributed by atoms with van der Waals surface area (Å²) >= 11 is 0. The lowest BCUT2D eigenvalue weighted by molar-refractivity contribution is 0.0721. The second-order valence-corrected chi connectivity index (χ2v) is 41.7. The van der Waals surface area contributed by atoms with Crippen LogP contribution in [-0.4, -0.2) is 118 Å². The molecule has 0 unspecified atom stereocenters. The van der Waals surface area contributed by atoms with Crippen molar-refractivity contribution in [2.45, 2.75) is 154 Å². The lowest BCUT2D eigenvalue weighted by Gasteiger charge is -2.52. The van der Waals surface area contributed by atoms with Gasteiger partial charge in [0.2, 0.25) is 0 Å². The van der Waals surface area contributed by atoms with Gasteiger partial charge < -0.3 is 39.8 Å². The van der Waals surface area contributed by atoms with Gasteiger partial charge in [0, 0.05) is 110 Å². The third-order valence-corrected chi connectivity index (χ3v) is 41.1. The Bertz CT molecular complexity index is 983. The van der Waals surface area contributed by atoms with Crippen LogP contribution >= 0.6 is 124 Å². The van der Waals surface area contributed by atoms with Crippen LogP contribution in [0.5, 0.6) is 0 Å². The van der Waals surface area contributed by atoms with Crippen LogP contribution in [0.25, 0.3) is 0 Å². The molecule has 0 saturated heterocycles. The molecule has 0 amide bonds. The Morgan fingerprint density at radius 2 is 0.726 bits per heavy atom. The smallest absolute Gasteiger partial charge is 0.374 e. The Morgan fingerprint density at radius 3 is 1.10 bits per heavy atom. The van der Waals surface area contributed by atoms with Crippen molar-refractivity contribution >= 4 is 150 Å². The van der Waals surface area contributed by atoms with E-state index in [4.69, 9.17) is 39.8 Å². The quantitative estimate of drug-likeness (QED) is 0.0330. The lowest BCUT2D eigenvalue weighted by Crippen LogP contribution is -2.51. The van der Waals surface area contributed by atoms with Gasteiger partial charge in [0.05, 0.1) is 0 Å². The molecule has 2 aliphatic rings. The Labute approximate surface area is 428 Å². The van der Waals surface area contributed by atoms with Crippen molar-refractivity contribution < 1.29 is 39.8 Å². The summed E-state index contributed by atoms with van der Waals surface area (Å²) in [4.78, 5) is 0. The first-order valence-corrected chi connectivity index (χ1v) is 43.7. The van der Waals surface area contributed by atoms with Crippen LogP contribution in [0, 0.1) is 5.92 Å². The minimum absolute atomic E-state index is 0.239. The second-order valence-electron chi connectivity index (χ2n) is 14.3. The molecule has 2 aliphatic carbocycles. The van der Waals surface area contributed by atoms with E-state index in [1.165, 1.54) is 70.0 Å². The summed E-state index contributed by atoms with van der Waals surface area (Å²) in [5, 5.41) is 0. The predicted molar refractivity (Wildman–Crippen MR) is 302 cm³/mol. The molecule has 370 valence electrons. The molecule has 0 bridgehead atoms. The normalized spacial score (nSPS) is 17.3. The zero-order chi connectivity index (χ0) is 45.3. The Balaban J connectivity index is 2.19. The van der Waals surface area contributed by atoms with Crippen LogP contribution < -0.4 is 0 Å². The third-order valence-electron chi connectivity index (χ3n) is 10.4. The molecule has 0 aromatic heterocycles. The summed E-state index contributed by atoms with van der Waals surface area (Å²) in [6, 6.07) is 2.49. The van der Waals surface area contributed by atoms with Crippen LogP contribution in [0.15, 0.2) is 0 Å². The van der Waals surface area contributed by atoms with Crippen molar-refractivity contribution in [1.29, 1.82) is 0 Å². The number of hydrogen-bond donors (Lipinski definition) is 0. The average Bonchev–Trinajstić information content (AvgIpc) is 3.27. The first kappa shape index (κ1) is 62.6. The van der Waals surface area contributed by atoms with E-state index in [1.807, 2.05) is 147 Å². The zero-order valence-corrected chi connectivity index (χ0v) is 51.8. The number of rotatable bonds is 42. The largest absolute Gasteiger partial charge is 0.501 e. The maximum atomic E-state index is 6.31. The molecule has 0 N–H and O–H groups in total. The summed E-state index contributed by atoms with van der Waals surface area (Å²) in [7, 11) is 16.3. The van der Waals surface area contributed by atoms with Crippen molar-refractivity contribution in [3.8, 4) is 0 Å². The fraction of sp³-hybridized carbons (Fsp3) is 1.00. The van der Waals surface area contributed by atoms with Crippen LogP contribution in [0.1, 0.15) is 127 Å². The maximum Gasteiger partial charge on any atom is 0.501 e. The Kier molecular flexibility index (Phi) is 38.5. The van der Waals surface area contributed by atoms with Crippen LogP contribution in [0.2, 0.25) is 18.1 Å². The highest BCUT2D eigenvalue weighted by molar-refractivity contribution is 9.27. The van der Waals surface area contributed by atoms with Gasteiger partial charge in [-0.1, -0.05) is 110 Å². The molecule has 0 aromatic rings. The van der Waals surface area contributed by atoms with Crippen LogP contribution in [0.4, 0.5) is 0 Å². The SMILES string of the molecule is CCO[Si](CC)(OCC)OCCSSSSCC(C1(SSSSCC[Si](OCC)(OCC)OCC)CCCCC1)C1(SSSSCC[Si](OCC)(OCC)OCC)CCCCC1. The summed E-state index contributed by atoms with van der Waals surface area (Å²) in [5.41, 5.74) is 0. The topological polar surface area (TPSA) is 83.1 Å². The van der Waals surface area contributed by atoms with Crippen LogP contribution in [-0.2, 0) is 39.8 Å². The van der Waals surface area contributed by atoms with Gasteiger partial charge in [-0.3, -0.25) is 0 Å². The van der Waals surface area contributed by atoms with Gasteiger partial charge in [-0.15, -0.1) is 0 Å². The van der Waals surface area contributed by atoms with Gasteiger partial charge in [-0.25, -0.2) is 0 Å². The van der Waals surface area contributed by atoms with Crippen molar-refractivity contribution in [2.24, 2.45) is 5.92 Å². The highest BCUT2D eigenvalue weighted by Crippen LogP contribution is 2.66. The maximum absolute atomic E-state index is 6.31. The van der Waals surface area contributed by atoms with E-state index in [-0.39, 0.29) is 9.49 Å². The molecular formula is C38H80O9S12Si3. The molecule has 0 spiro atoms. The molecule has 24 heteroatoms. The van der Waals surface area contributed by atoms with Gasteiger partial charge in [-0.2, -0.15) is 0 Å². The monoisotopic (exact) mass is 1150 g/mol. The first-order chi connectivity index (χ1) is 30.2. The molecular weight excluding hydrogens is 1070 g/mol. The van der Waals surface area contributed by atoms with Gasteiger partial charge >= 0.3 is 26.4 Å². The molecule has 0 heterocycles. The van der Waals surface area contributed by atoms with Crippen molar-refractivity contribution in [3.05, 3.63) is 0 Å². The molecule has 2 saturated carbocycles. The fourth-order valence-corrected chi connectivity index (χ4v) is 39.1. The van der Waals surface area contributed by atoms with E-state index < -0.39 is 26.4 Å². The fourth-order valence-electron chi connectivity index (χ4n) is 7.94. The van der Waals surface area contributed by atoms with Gasteiger partial charge in [-0.05, 0) is 146 Å². The van der Waals surface area contributed by atoms with Crippen LogP contribution in [0.3, 0.4) is 0 Å². The highest BCUT2D eigenvalue weighted by atomic mass is 33.7. The number of hydrogen-bond acceptors (Lipinski definition) is 21. The molecule has 2 rings (SSSR count). The van der Waals surface area contributed by atoms with E-state index in [0.29, 0.717) is 65.4 Å². The summed E-state index contributed by atoms with van der Waals surface area (Å²) in [6.45, 7) is 24.0. The molecule has 0 aliphatic heterocycles. The summed E-state index contributed by atoms with van der Waals surface area (Å²) in [5.74, 6) is 4.61. The standard InChI is InChI=1S/C38H80O9S12Si3/c1-10-39-60(18-9,40-11-2)47-29-30-48-54-57-51-35-36(37(25-21-19-22-26-37)52-58-55-49-31-33-61(41-12-3,42-13-4)43-14-5)38(27-23-20-24-28-38)53-59-56-50-32-34-62(44-15-6,45-16-7)46-17-8/h36H,10-35H2,1-9H3. The van der Waals surface area contributed by atoms with E-state index >= 15 is 0 Å². The molecule has 0 atom stereocenters. The van der Waals surface area contributed by atoms with Crippen molar-refractivity contribution in [2.75, 3.05) is 82.5 Å². The Morgan fingerprint density at radius 1 is 0.387 bits per heavy atom. The molecule has 62 heavy (non-hydrogen) atoms. The van der Waals surface area contributed by atoms with E-state index in [9.17, 15) is 0 Å². The van der Waals surface area contributed by atoms with E-state index in [0.717, 1.165) is 35.4 Å². The van der Waals surface area contributed by atoms with Gasteiger partial charge in [0.15, 0.2) is 0 Å². The van der Waals surface area contributed by atoms with E-state index in [1.54, 1.807) is 0 Å². The van der Waals surface area contributed by atoms with Crippen molar-refractivity contribution in [3.63, 3.8) is 0 Å². The van der Waals surface area contributed by atoms with Gasteiger partial charge in [0.25, 0.3) is 0 Å². The Hall–Kier alpha value is 4.49. The highest BCUT2D eigenvalue weighted by Gasteiger charge is 2.53. The molecule has 0 aromatic carbocycles.